The van der Waals surface area contributed by atoms with Crippen molar-refractivity contribution in [2.24, 2.45) is 0 Å². The molecule has 0 aliphatic carbocycles. The molecule has 0 radical (unpaired) electrons. The van der Waals surface area contributed by atoms with Crippen LogP contribution in [0.5, 0.6) is 0 Å². The van der Waals surface area contributed by atoms with Gasteiger partial charge in [0.25, 0.3) is 0 Å². The molecule has 0 N–H and O–H groups in total. The quantitative estimate of drug-likeness (QED) is 0.614. The van der Waals surface area contributed by atoms with E-state index in [1.807, 2.05) is 32.9 Å². The maximum absolute atomic E-state index is 12.6. The highest BCUT2D eigenvalue weighted by atomic mass is 19.1. The van der Waals surface area contributed by atoms with Crippen LogP contribution in [0.4, 0.5) is 8.78 Å². The third-order valence-corrected chi connectivity index (χ3v) is 2.76. The van der Waals surface area contributed by atoms with E-state index >= 15 is 0 Å². The van der Waals surface area contributed by atoms with Crippen LogP contribution in [0.2, 0.25) is 0 Å². The summed E-state index contributed by atoms with van der Waals surface area (Å²) in [7, 11) is 0. The van der Waals surface area contributed by atoms with E-state index in [4.69, 9.17) is 0 Å². The van der Waals surface area contributed by atoms with Crippen LogP contribution in [0.1, 0.15) is 43.9 Å². The fourth-order valence-electron chi connectivity index (χ4n) is 1.68. The van der Waals surface area contributed by atoms with Crippen LogP contribution in [-0.2, 0) is 6.42 Å². The van der Waals surface area contributed by atoms with Gasteiger partial charge in [-0.05, 0) is 55.2 Å². The first-order valence-corrected chi connectivity index (χ1v) is 7.50. The Morgan fingerprint density at radius 3 is 2.05 bits per heavy atom. The lowest BCUT2D eigenvalue weighted by Crippen LogP contribution is -1.82. The fraction of sp³-hybridized carbons (Fsp3) is 0.368. The monoisotopic (exact) mass is 292 g/mol. The van der Waals surface area contributed by atoms with Crippen LogP contribution >= 0.6 is 0 Å². The third-order valence-electron chi connectivity index (χ3n) is 2.76. The van der Waals surface area contributed by atoms with Gasteiger partial charge in [-0.25, -0.2) is 8.78 Å². The molecule has 116 valence electrons. The van der Waals surface area contributed by atoms with Gasteiger partial charge < -0.3 is 0 Å². The molecule has 0 aliphatic rings. The lowest BCUT2D eigenvalue weighted by molar-refractivity contribution is 0.617. The van der Waals surface area contributed by atoms with E-state index < -0.39 is 0 Å². The van der Waals surface area contributed by atoms with Crippen LogP contribution in [0.15, 0.2) is 42.5 Å². The molecule has 0 fully saturated rings. The first-order chi connectivity index (χ1) is 10.0. The van der Waals surface area contributed by atoms with Gasteiger partial charge in [0.1, 0.15) is 11.6 Å². The summed E-state index contributed by atoms with van der Waals surface area (Å²) in [5, 5.41) is 0. The molecule has 2 heteroatoms. The van der Waals surface area contributed by atoms with Gasteiger partial charge in [0.15, 0.2) is 0 Å². The highest BCUT2D eigenvalue weighted by Gasteiger charge is 1.93. The van der Waals surface area contributed by atoms with E-state index in [2.05, 4.69) is 6.92 Å². The van der Waals surface area contributed by atoms with Crippen molar-refractivity contribution < 1.29 is 8.78 Å². The number of hydrogen-bond acceptors (Lipinski definition) is 0. The standard InChI is InChI=1S/C9H11F.C8H9F.C2H6/c1-2-4-8-5-3-6-9(10)7-8;1-6-3-4-7(2)8(9)5-6;1-2/h3,5-7H,2,4H2,1H3;3-5H,1-2H3;1-2H3. The van der Waals surface area contributed by atoms with Crippen LogP contribution in [0.3, 0.4) is 0 Å². The molecular formula is C19H26F2. The van der Waals surface area contributed by atoms with Crippen molar-refractivity contribution >= 4 is 0 Å². The predicted octanol–water partition coefficient (Wildman–Crippen LogP) is 6.25. The molecule has 0 aromatic heterocycles. The van der Waals surface area contributed by atoms with Crippen molar-refractivity contribution in [3.05, 3.63) is 70.8 Å². The van der Waals surface area contributed by atoms with Crippen molar-refractivity contribution in [2.45, 2.75) is 47.5 Å². The van der Waals surface area contributed by atoms with E-state index in [0.717, 1.165) is 24.0 Å². The van der Waals surface area contributed by atoms with E-state index in [1.165, 1.54) is 12.1 Å². The molecule has 2 aromatic carbocycles. The molecule has 0 unspecified atom stereocenters. The molecule has 0 saturated carbocycles. The van der Waals surface area contributed by atoms with E-state index in [1.54, 1.807) is 25.1 Å². The number of hydrogen-bond donors (Lipinski definition) is 0. The molecule has 0 saturated heterocycles. The lowest BCUT2D eigenvalue weighted by Gasteiger charge is -1.95. The topological polar surface area (TPSA) is 0 Å². The second-order valence-electron chi connectivity index (χ2n) is 4.63. The maximum atomic E-state index is 12.6. The highest BCUT2D eigenvalue weighted by Crippen LogP contribution is 2.07. The Morgan fingerprint density at radius 2 is 1.57 bits per heavy atom. The molecule has 2 aromatic rings. The Balaban J connectivity index is 0.000000342. The molecule has 0 amide bonds. The summed E-state index contributed by atoms with van der Waals surface area (Å²) in [5.74, 6) is -0.249. The summed E-state index contributed by atoms with van der Waals surface area (Å²) in [4.78, 5) is 0. The van der Waals surface area contributed by atoms with Gasteiger partial charge in [-0.3, -0.25) is 0 Å². The van der Waals surface area contributed by atoms with Gasteiger partial charge in [0.05, 0.1) is 0 Å². The summed E-state index contributed by atoms with van der Waals surface area (Å²) < 4.78 is 25.1. The zero-order valence-corrected chi connectivity index (χ0v) is 13.7. The van der Waals surface area contributed by atoms with E-state index in [-0.39, 0.29) is 11.6 Å². The summed E-state index contributed by atoms with van der Waals surface area (Å²) in [5.41, 5.74) is 2.77. The minimum absolute atomic E-state index is 0.116. The number of benzene rings is 2. The minimum atomic E-state index is -0.133. The molecule has 0 bridgehead atoms. The van der Waals surface area contributed by atoms with Crippen molar-refractivity contribution in [2.75, 3.05) is 0 Å². The zero-order valence-electron chi connectivity index (χ0n) is 13.7. The van der Waals surface area contributed by atoms with Crippen LogP contribution in [0.25, 0.3) is 0 Å². The van der Waals surface area contributed by atoms with Gasteiger partial charge in [-0.1, -0.05) is 51.5 Å². The first kappa shape index (κ1) is 19.3. The number of rotatable bonds is 2. The minimum Gasteiger partial charge on any atom is -0.207 e. The zero-order chi connectivity index (χ0) is 16.3. The molecule has 0 nitrogen and oxygen atoms in total. The highest BCUT2D eigenvalue weighted by molar-refractivity contribution is 5.21. The average Bonchev–Trinajstić information content (AvgIpc) is 2.47. The largest absolute Gasteiger partial charge is 0.207 e. The molecular weight excluding hydrogens is 266 g/mol. The van der Waals surface area contributed by atoms with Crippen molar-refractivity contribution in [1.29, 1.82) is 0 Å². The molecule has 0 aliphatic heterocycles. The molecule has 0 atom stereocenters. The summed E-state index contributed by atoms with van der Waals surface area (Å²) in [6.45, 7) is 9.72. The van der Waals surface area contributed by atoms with Crippen LogP contribution in [-0.4, -0.2) is 0 Å². The van der Waals surface area contributed by atoms with Crippen molar-refractivity contribution in [3.63, 3.8) is 0 Å². The van der Waals surface area contributed by atoms with Crippen LogP contribution < -0.4 is 0 Å². The van der Waals surface area contributed by atoms with Gasteiger partial charge in [-0.15, -0.1) is 0 Å². The molecule has 0 spiro atoms. The molecule has 21 heavy (non-hydrogen) atoms. The molecule has 0 heterocycles. The van der Waals surface area contributed by atoms with E-state index in [0.29, 0.717) is 5.56 Å². The Kier molecular flexibility index (Phi) is 10.1. The van der Waals surface area contributed by atoms with Gasteiger partial charge in [0, 0.05) is 0 Å². The molecule has 2 rings (SSSR count). The first-order valence-electron chi connectivity index (χ1n) is 7.50. The number of halogens is 2. The maximum Gasteiger partial charge on any atom is 0.126 e. The fourth-order valence-corrected chi connectivity index (χ4v) is 1.68. The normalized spacial score (nSPS) is 9.10. The van der Waals surface area contributed by atoms with Gasteiger partial charge in [-0.2, -0.15) is 0 Å². The van der Waals surface area contributed by atoms with Gasteiger partial charge >= 0.3 is 0 Å². The summed E-state index contributed by atoms with van der Waals surface area (Å²) in [6.07, 6.45) is 2.04. The third kappa shape index (κ3) is 8.23. The second-order valence-corrected chi connectivity index (χ2v) is 4.63. The summed E-state index contributed by atoms with van der Waals surface area (Å²) in [6, 6.07) is 12.0. The Morgan fingerprint density at radius 1 is 0.905 bits per heavy atom. The van der Waals surface area contributed by atoms with E-state index in [9.17, 15) is 8.78 Å². The SMILES string of the molecule is CC.CCCc1cccc(F)c1.Cc1ccc(C)c(F)c1. The van der Waals surface area contributed by atoms with Crippen molar-refractivity contribution in [3.8, 4) is 0 Å². The van der Waals surface area contributed by atoms with Gasteiger partial charge in [0.2, 0.25) is 0 Å². The second kappa shape index (κ2) is 11.0. The predicted molar refractivity (Wildman–Crippen MR) is 87.6 cm³/mol. The van der Waals surface area contributed by atoms with Crippen molar-refractivity contribution in [1.82, 2.24) is 0 Å². The smallest absolute Gasteiger partial charge is 0.126 e. The Hall–Kier alpha value is -1.70. The lowest BCUT2D eigenvalue weighted by atomic mass is 10.1. The number of aryl methyl sites for hydroxylation is 3. The summed E-state index contributed by atoms with van der Waals surface area (Å²) >= 11 is 0. The Bertz CT molecular complexity index is 519. The Labute approximate surface area is 127 Å². The van der Waals surface area contributed by atoms with Crippen LogP contribution in [0, 0.1) is 25.5 Å². The average molecular weight is 292 g/mol.